The third-order valence-corrected chi connectivity index (χ3v) is 4.23. The van der Waals surface area contributed by atoms with Crippen molar-refractivity contribution in [1.82, 2.24) is 9.55 Å². The summed E-state index contributed by atoms with van der Waals surface area (Å²) in [7, 11) is 1.78. The SMILES string of the molecule is Cc1cc(C(C)N)c2nc(C3(C)COC3)n(C)c(=O)c2c1. The van der Waals surface area contributed by atoms with Crippen molar-refractivity contribution in [3.8, 4) is 0 Å². The first-order valence-electron chi connectivity index (χ1n) is 7.18. The van der Waals surface area contributed by atoms with E-state index in [1.165, 1.54) is 0 Å². The van der Waals surface area contributed by atoms with Crippen LogP contribution in [-0.2, 0) is 17.2 Å². The van der Waals surface area contributed by atoms with Crippen molar-refractivity contribution < 1.29 is 4.74 Å². The third kappa shape index (κ3) is 2.08. The lowest BCUT2D eigenvalue weighted by Crippen LogP contribution is -2.48. The molecular formula is C16H21N3O2. The number of nitrogens with two attached hydrogens (primary N) is 1. The molecule has 0 bridgehead atoms. The predicted octanol–water partition coefficient (Wildman–Crippen LogP) is 1.55. The van der Waals surface area contributed by atoms with Gasteiger partial charge in [0.15, 0.2) is 0 Å². The number of aromatic nitrogens is 2. The smallest absolute Gasteiger partial charge is 0.261 e. The van der Waals surface area contributed by atoms with Crippen LogP contribution >= 0.6 is 0 Å². The Labute approximate surface area is 123 Å². The van der Waals surface area contributed by atoms with Gasteiger partial charge in [-0.05, 0) is 38.0 Å². The van der Waals surface area contributed by atoms with Gasteiger partial charge >= 0.3 is 0 Å². The van der Waals surface area contributed by atoms with Gasteiger partial charge in [0.25, 0.3) is 5.56 Å². The molecule has 2 N–H and O–H groups in total. The summed E-state index contributed by atoms with van der Waals surface area (Å²) in [5.41, 5.74) is 8.53. The molecule has 5 nitrogen and oxygen atoms in total. The fraction of sp³-hybridized carbons (Fsp3) is 0.500. The Hall–Kier alpha value is -1.72. The lowest BCUT2D eigenvalue weighted by atomic mass is 9.87. The summed E-state index contributed by atoms with van der Waals surface area (Å²) in [4.78, 5) is 17.5. The van der Waals surface area contributed by atoms with Gasteiger partial charge in [0.1, 0.15) is 5.82 Å². The van der Waals surface area contributed by atoms with E-state index in [9.17, 15) is 4.79 Å². The monoisotopic (exact) mass is 287 g/mol. The van der Waals surface area contributed by atoms with Crippen LogP contribution in [0.15, 0.2) is 16.9 Å². The van der Waals surface area contributed by atoms with Crippen LogP contribution in [0, 0.1) is 6.92 Å². The number of ether oxygens (including phenoxy) is 1. The molecule has 112 valence electrons. The molecular weight excluding hydrogens is 266 g/mol. The first-order valence-corrected chi connectivity index (χ1v) is 7.18. The molecule has 1 atom stereocenters. The minimum atomic E-state index is -0.192. The van der Waals surface area contributed by atoms with Gasteiger partial charge in [-0.3, -0.25) is 9.36 Å². The van der Waals surface area contributed by atoms with E-state index in [1.54, 1.807) is 11.6 Å². The van der Waals surface area contributed by atoms with Crippen molar-refractivity contribution in [1.29, 1.82) is 0 Å². The van der Waals surface area contributed by atoms with Crippen molar-refractivity contribution in [2.24, 2.45) is 12.8 Å². The van der Waals surface area contributed by atoms with Crippen molar-refractivity contribution in [2.75, 3.05) is 13.2 Å². The second-order valence-electron chi connectivity index (χ2n) is 6.39. The maximum Gasteiger partial charge on any atom is 0.261 e. The third-order valence-electron chi connectivity index (χ3n) is 4.23. The van der Waals surface area contributed by atoms with Crippen LogP contribution in [-0.4, -0.2) is 22.8 Å². The van der Waals surface area contributed by atoms with Gasteiger partial charge in [0, 0.05) is 13.1 Å². The van der Waals surface area contributed by atoms with Gasteiger partial charge in [0.2, 0.25) is 0 Å². The highest BCUT2D eigenvalue weighted by atomic mass is 16.5. The average Bonchev–Trinajstić information content (AvgIpc) is 2.39. The quantitative estimate of drug-likeness (QED) is 0.909. The largest absolute Gasteiger partial charge is 0.379 e. The van der Waals surface area contributed by atoms with Gasteiger partial charge in [-0.2, -0.15) is 0 Å². The van der Waals surface area contributed by atoms with Crippen molar-refractivity contribution in [3.63, 3.8) is 0 Å². The van der Waals surface area contributed by atoms with Crippen molar-refractivity contribution in [3.05, 3.63) is 39.4 Å². The first kappa shape index (κ1) is 14.2. The van der Waals surface area contributed by atoms with Gasteiger partial charge in [-0.25, -0.2) is 4.98 Å². The molecule has 5 heteroatoms. The van der Waals surface area contributed by atoms with E-state index in [1.807, 2.05) is 26.0 Å². The Bertz CT molecular complexity index is 773. The maximum atomic E-state index is 12.7. The zero-order chi connectivity index (χ0) is 15.4. The fourth-order valence-electron chi connectivity index (χ4n) is 2.98. The summed E-state index contributed by atoms with van der Waals surface area (Å²) in [5.74, 6) is 0.775. The Morgan fingerprint density at radius 2 is 2.10 bits per heavy atom. The summed E-state index contributed by atoms with van der Waals surface area (Å²) >= 11 is 0. The predicted molar refractivity (Wildman–Crippen MR) is 82.5 cm³/mol. The van der Waals surface area contributed by atoms with E-state index >= 15 is 0 Å². The molecule has 1 aromatic carbocycles. The Balaban J connectivity index is 2.39. The molecule has 2 heterocycles. The molecule has 1 unspecified atom stereocenters. The summed E-state index contributed by atoms with van der Waals surface area (Å²) in [6.45, 7) is 7.15. The van der Waals surface area contributed by atoms with Crippen LogP contribution in [0.1, 0.15) is 36.8 Å². The highest BCUT2D eigenvalue weighted by Crippen LogP contribution is 2.31. The van der Waals surface area contributed by atoms with Gasteiger partial charge in [-0.1, -0.05) is 6.07 Å². The molecule has 1 fully saturated rings. The number of rotatable bonds is 2. The minimum Gasteiger partial charge on any atom is -0.379 e. The van der Waals surface area contributed by atoms with E-state index in [0.717, 1.165) is 22.5 Å². The molecule has 3 rings (SSSR count). The molecule has 0 amide bonds. The molecule has 2 aromatic rings. The van der Waals surface area contributed by atoms with Gasteiger partial charge in [0.05, 0.1) is 29.5 Å². The van der Waals surface area contributed by atoms with E-state index in [2.05, 4.69) is 6.92 Å². The summed E-state index contributed by atoms with van der Waals surface area (Å²) in [6, 6.07) is 3.74. The summed E-state index contributed by atoms with van der Waals surface area (Å²) in [6.07, 6.45) is 0. The average molecular weight is 287 g/mol. The van der Waals surface area contributed by atoms with Crippen molar-refractivity contribution in [2.45, 2.75) is 32.2 Å². The highest BCUT2D eigenvalue weighted by molar-refractivity contribution is 5.82. The number of benzene rings is 1. The number of aryl methyl sites for hydroxylation is 1. The standard InChI is InChI=1S/C16H21N3O2/c1-9-5-11(10(2)17)13-12(6-9)14(20)19(4)15(18-13)16(3)7-21-8-16/h5-6,10H,7-8,17H2,1-4H3. The topological polar surface area (TPSA) is 70.1 Å². The van der Waals surface area contributed by atoms with Gasteiger partial charge in [-0.15, -0.1) is 0 Å². The molecule has 0 spiro atoms. The van der Waals surface area contributed by atoms with Crippen LogP contribution in [0.25, 0.3) is 10.9 Å². The van der Waals surface area contributed by atoms with Crippen LogP contribution in [0.3, 0.4) is 0 Å². The molecule has 1 saturated heterocycles. The van der Waals surface area contributed by atoms with E-state index in [4.69, 9.17) is 15.5 Å². The minimum absolute atomic E-state index is 0.0197. The summed E-state index contributed by atoms with van der Waals surface area (Å²) < 4.78 is 6.96. The van der Waals surface area contributed by atoms with E-state index in [0.29, 0.717) is 18.6 Å². The van der Waals surface area contributed by atoms with Crippen LogP contribution in [0.4, 0.5) is 0 Å². The molecule has 0 saturated carbocycles. The molecule has 1 aromatic heterocycles. The Kier molecular flexibility index (Phi) is 3.15. The Morgan fingerprint density at radius 1 is 1.43 bits per heavy atom. The maximum absolute atomic E-state index is 12.7. The lowest BCUT2D eigenvalue weighted by molar-refractivity contribution is -0.0559. The van der Waals surface area contributed by atoms with Crippen LogP contribution < -0.4 is 11.3 Å². The van der Waals surface area contributed by atoms with E-state index < -0.39 is 0 Å². The number of hydrogen-bond donors (Lipinski definition) is 1. The van der Waals surface area contributed by atoms with Crippen LogP contribution in [0.2, 0.25) is 0 Å². The molecule has 0 radical (unpaired) electrons. The lowest BCUT2D eigenvalue weighted by Gasteiger charge is -2.38. The normalized spacial score (nSPS) is 18.5. The molecule has 1 aliphatic heterocycles. The first-order chi connectivity index (χ1) is 9.83. The zero-order valence-electron chi connectivity index (χ0n) is 12.9. The molecule has 0 aliphatic carbocycles. The van der Waals surface area contributed by atoms with Gasteiger partial charge < -0.3 is 10.5 Å². The fourth-order valence-corrected chi connectivity index (χ4v) is 2.98. The zero-order valence-corrected chi connectivity index (χ0v) is 12.9. The van der Waals surface area contributed by atoms with Crippen molar-refractivity contribution >= 4 is 10.9 Å². The molecule has 1 aliphatic rings. The number of fused-ring (bicyclic) bond motifs is 1. The number of hydrogen-bond acceptors (Lipinski definition) is 4. The second-order valence-corrected chi connectivity index (χ2v) is 6.39. The van der Waals surface area contributed by atoms with E-state index in [-0.39, 0.29) is 17.0 Å². The number of nitrogens with zero attached hydrogens (tertiary/aromatic N) is 2. The molecule has 21 heavy (non-hydrogen) atoms. The Morgan fingerprint density at radius 3 is 2.62 bits per heavy atom. The summed E-state index contributed by atoms with van der Waals surface area (Å²) in [5, 5.41) is 0.636. The second kappa shape index (κ2) is 4.64. The van der Waals surface area contributed by atoms with Crippen LogP contribution in [0.5, 0.6) is 0 Å². The highest BCUT2D eigenvalue weighted by Gasteiger charge is 2.39.